The smallest absolute Gasteiger partial charge is 0.0594 e. The van der Waals surface area contributed by atoms with Crippen LogP contribution in [0.25, 0.3) is 0 Å². The van der Waals surface area contributed by atoms with Crippen LogP contribution >= 0.6 is 0 Å². The molecule has 4 heteroatoms. The van der Waals surface area contributed by atoms with Crippen LogP contribution in [0, 0.1) is 0 Å². The first kappa shape index (κ1) is 13.9. The summed E-state index contributed by atoms with van der Waals surface area (Å²) in [6.45, 7) is 13.1. The average Bonchev–Trinajstić information content (AvgIpc) is 2.25. The molecule has 0 radical (unpaired) electrons. The summed E-state index contributed by atoms with van der Waals surface area (Å²) in [6, 6.07) is 0.522. The first-order valence-corrected chi connectivity index (χ1v) is 6.33. The minimum Gasteiger partial charge on any atom is -0.379 e. The van der Waals surface area contributed by atoms with Crippen LogP contribution in [0.3, 0.4) is 0 Å². The fraction of sp³-hybridized carbons (Fsp3) is 1.00. The summed E-state index contributed by atoms with van der Waals surface area (Å²) < 4.78 is 10.8. The van der Waals surface area contributed by atoms with E-state index in [1.807, 2.05) is 0 Å². The summed E-state index contributed by atoms with van der Waals surface area (Å²) in [7, 11) is 0. The zero-order chi connectivity index (χ0) is 11.8. The predicted octanol–water partition coefficient (Wildman–Crippen LogP) is 0.722. The van der Waals surface area contributed by atoms with E-state index in [-0.39, 0.29) is 0 Å². The van der Waals surface area contributed by atoms with Crippen molar-refractivity contribution in [1.82, 2.24) is 10.2 Å². The van der Waals surface area contributed by atoms with Gasteiger partial charge in [-0.25, -0.2) is 0 Å². The molecule has 1 aliphatic heterocycles. The van der Waals surface area contributed by atoms with E-state index in [0.29, 0.717) is 12.1 Å². The van der Waals surface area contributed by atoms with Crippen LogP contribution in [0.4, 0.5) is 0 Å². The normalized spacial score (nSPS) is 20.2. The van der Waals surface area contributed by atoms with E-state index in [2.05, 4.69) is 31.0 Å². The minimum absolute atomic E-state index is 0.330. The van der Waals surface area contributed by atoms with E-state index in [0.717, 1.165) is 46.0 Å². The summed E-state index contributed by atoms with van der Waals surface area (Å²) in [5, 5.41) is 3.48. The second-order valence-corrected chi connectivity index (χ2v) is 4.69. The molecular formula is C12H26N2O2. The molecule has 0 aromatic heterocycles. The maximum atomic E-state index is 5.49. The summed E-state index contributed by atoms with van der Waals surface area (Å²) in [5.41, 5.74) is 0. The Morgan fingerprint density at radius 2 is 1.94 bits per heavy atom. The molecule has 1 unspecified atom stereocenters. The number of hydrogen-bond donors (Lipinski definition) is 1. The molecule has 16 heavy (non-hydrogen) atoms. The Labute approximate surface area is 99.3 Å². The Hall–Kier alpha value is -0.160. The number of rotatable bonds is 7. The third-order valence-electron chi connectivity index (χ3n) is 2.68. The lowest BCUT2D eigenvalue weighted by Crippen LogP contribution is -2.45. The molecule has 1 fully saturated rings. The van der Waals surface area contributed by atoms with Gasteiger partial charge in [-0.05, 0) is 20.8 Å². The standard InChI is InChI=1S/C12H26N2O2/c1-11(2)16-7-4-13-12(3)10-14-5-8-15-9-6-14/h11-13H,4-10H2,1-3H3. The Kier molecular flexibility index (Phi) is 6.96. The quantitative estimate of drug-likeness (QED) is 0.654. The molecule has 96 valence electrons. The summed E-state index contributed by atoms with van der Waals surface area (Å²) in [5.74, 6) is 0. The van der Waals surface area contributed by atoms with Crippen molar-refractivity contribution in [3.8, 4) is 0 Å². The zero-order valence-corrected chi connectivity index (χ0v) is 10.9. The molecule has 1 N–H and O–H groups in total. The number of nitrogens with zero attached hydrogens (tertiary/aromatic N) is 1. The van der Waals surface area contributed by atoms with Gasteiger partial charge in [-0.15, -0.1) is 0 Å². The summed E-state index contributed by atoms with van der Waals surface area (Å²) in [6.07, 6.45) is 0.330. The Morgan fingerprint density at radius 1 is 1.25 bits per heavy atom. The van der Waals surface area contributed by atoms with Crippen molar-refractivity contribution in [3.05, 3.63) is 0 Å². The van der Waals surface area contributed by atoms with Gasteiger partial charge in [-0.3, -0.25) is 4.90 Å². The molecular weight excluding hydrogens is 204 g/mol. The second kappa shape index (κ2) is 8.01. The van der Waals surface area contributed by atoms with E-state index >= 15 is 0 Å². The van der Waals surface area contributed by atoms with Gasteiger partial charge in [0, 0.05) is 32.2 Å². The maximum absolute atomic E-state index is 5.49. The topological polar surface area (TPSA) is 33.7 Å². The van der Waals surface area contributed by atoms with Crippen LogP contribution in [0.5, 0.6) is 0 Å². The number of hydrogen-bond acceptors (Lipinski definition) is 4. The number of morpholine rings is 1. The Balaban J connectivity index is 1.99. The molecule has 0 aromatic rings. The lowest BCUT2D eigenvalue weighted by atomic mass is 10.3. The van der Waals surface area contributed by atoms with Gasteiger partial charge in [0.25, 0.3) is 0 Å². The molecule has 0 aromatic carbocycles. The fourth-order valence-electron chi connectivity index (χ4n) is 1.84. The third-order valence-corrected chi connectivity index (χ3v) is 2.68. The van der Waals surface area contributed by atoms with Crippen molar-refractivity contribution < 1.29 is 9.47 Å². The molecule has 0 bridgehead atoms. The summed E-state index contributed by atoms with van der Waals surface area (Å²) in [4.78, 5) is 2.45. The van der Waals surface area contributed by atoms with Crippen molar-refractivity contribution in [3.63, 3.8) is 0 Å². The zero-order valence-electron chi connectivity index (χ0n) is 10.9. The van der Waals surface area contributed by atoms with Gasteiger partial charge < -0.3 is 14.8 Å². The minimum atomic E-state index is 0.330. The van der Waals surface area contributed by atoms with Crippen LogP contribution in [-0.4, -0.2) is 63.0 Å². The molecule has 1 atom stereocenters. The largest absolute Gasteiger partial charge is 0.379 e. The van der Waals surface area contributed by atoms with Crippen LogP contribution in [-0.2, 0) is 9.47 Å². The molecule has 4 nitrogen and oxygen atoms in total. The van der Waals surface area contributed by atoms with Gasteiger partial charge in [0.2, 0.25) is 0 Å². The highest BCUT2D eigenvalue weighted by molar-refractivity contribution is 4.69. The number of nitrogens with one attached hydrogen (secondary N) is 1. The molecule has 1 aliphatic rings. The SMILES string of the molecule is CC(CN1CCOCC1)NCCOC(C)C. The van der Waals surface area contributed by atoms with Crippen molar-refractivity contribution in [2.75, 3.05) is 46.0 Å². The lowest BCUT2D eigenvalue weighted by Gasteiger charge is -2.29. The monoisotopic (exact) mass is 230 g/mol. The van der Waals surface area contributed by atoms with Gasteiger partial charge in [0.15, 0.2) is 0 Å². The van der Waals surface area contributed by atoms with E-state index in [4.69, 9.17) is 9.47 Å². The maximum Gasteiger partial charge on any atom is 0.0594 e. The van der Waals surface area contributed by atoms with Crippen molar-refractivity contribution in [2.24, 2.45) is 0 Å². The lowest BCUT2D eigenvalue weighted by molar-refractivity contribution is 0.0331. The third kappa shape index (κ3) is 6.43. The van der Waals surface area contributed by atoms with Gasteiger partial charge in [0.1, 0.15) is 0 Å². The van der Waals surface area contributed by atoms with Crippen LogP contribution in [0.1, 0.15) is 20.8 Å². The second-order valence-electron chi connectivity index (χ2n) is 4.69. The van der Waals surface area contributed by atoms with Gasteiger partial charge in [0.05, 0.1) is 25.9 Å². The van der Waals surface area contributed by atoms with Gasteiger partial charge >= 0.3 is 0 Å². The highest BCUT2D eigenvalue weighted by atomic mass is 16.5. The number of ether oxygens (including phenoxy) is 2. The van der Waals surface area contributed by atoms with Gasteiger partial charge in [-0.2, -0.15) is 0 Å². The Morgan fingerprint density at radius 3 is 2.56 bits per heavy atom. The molecule has 1 saturated heterocycles. The van der Waals surface area contributed by atoms with Crippen LogP contribution < -0.4 is 5.32 Å². The van der Waals surface area contributed by atoms with E-state index in [1.165, 1.54) is 0 Å². The molecule has 1 heterocycles. The fourth-order valence-corrected chi connectivity index (χ4v) is 1.84. The van der Waals surface area contributed by atoms with Crippen molar-refractivity contribution in [1.29, 1.82) is 0 Å². The predicted molar refractivity (Wildman–Crippen MR) is 65.8 cm³/mol. The first-order valence-electron chi connectivity index (χ1n) is 6.33. The van der Waals surface area contributed by atoms with Crippen LogP contribution in [0.15, 0.2) is 0 Å². The van der Waals surface area contributed by atoms with Crippen LogP contribution in [0.2, 0.25) is 0 Å². The van der Waals surface area contributed by atoms with E-state index < -0.39 is 0 Å². The highest BCUT2D eigenvalue weighted by Crippen LogP contribution is 1.98. The molecule has 0 saturated carbocycles. The van der Waals surface area contributed by atoms with Crippen molar-refractivity contribution >= 4 is 0 Å². The highest BCUT2D eigenvalue weighted by Gasteiger charge is 2.12. The van der Waals surface area contributed by atoms with Crippen molar-refractivity contribution in [2.45, 2.75) is 32.9 Å². The molecule has 0 amide bonds. The summed E-state index contributed by atoms with van der Waals surface area (Å²) >= 11 is 0. The van der Waals surface area contributed by atoms with Gasteiger partial charge in [-0.1, -0.05) is 0 Å². The first-order chi connectivity index (χ1) is 7.68. The Bertz CT molecular complexity index is 170. The average molecular weight is 230 g/mol. The molecule has 0 aliphatic carbocycles. The van der Waals surface area contributed by atoms with E-state index in [1.54, 1.807) is 0 Å². The van der Waals surface area contributed by atoms with E-state index in [9.17, 15) is 0 Å². The molecule has 0 spiro atoms. The molecule has 1 rings (SSSR count).